The van der Waals surface area contributed by atoms with Gasteiger partial charge in [-0.25, -0.2) is 0 Å². The van der Waals surface area contributed by atoms with Crippen molar-refractivity contribution in [2.75, 3.05) is 0 Å². The van der Waals surface area contributed by atoms with Crippen LogP contribution in [0.4, 0.5) is 0 Å². The predicted molar refractivity (Wildman–Crippen MR) is 142 cm³/mol. The zero-order valence-corrected chi connectivity index (χ0v) is 19.2. The van der Waals surface area contributed by atoms with Crippen molar-refractivity contribution < 1.29 is 0 Å². The van der Waals surface area contributed by atoms with Crippen molar-refractivity contribution in [2.24, 2.45) is 5.10 Å². The Kier molecular flexibility index (Phi) is 5.49. The van der Waals surface area contributed by atoms with Gasteiger partial charge in [0.1, 0.15) is 0 Å². The van der Waals surface area contributed by atoms with Gasteiger partial charge in [0, 0.05) is 22.8 Å². The van der Waals surface area contributed by atoms with Crippen LogP contribution in [0.5, 0.6) is 0 Å². The summed E-state index contributed by atoms with van der Waals surface area (Å²) in [5.41, 5.74) is 9.86. The van der Waals surface area contributed by atoms with E-state index in [9.17, 15) is 0 Å². The zero-order valence-electron chi connectivity index (χ0n) is 18.4. The van der Waals surface area contributed by atoms with Crippen LogP contribution >= 0.6 is 11.8 Å². The number of hydrogen-bond donors (Lipinski definition) is 2. The fourth-order valence-electron chi connectivity index (χ4n) is 4.32. The molecular formula is C28H23N5S. The van der Waals surface area contributed by atoms with Gasteiger partial charge in [0.05, 0.1) is 29.3 Å². The maximum atomic E-state index is 4.68. The van der Waals surface area contributed by atoms with Gasteiger partial charge in [-0.05, 0) is 28.7 Å². The number of thioether (sulfide) groups is 1. The molecule has 6 rings (SSSR count). The lowest BCUT2D eigenvalue weighted by molar-refractivity contribution is 0.657. The first-order chi connectivity index (χ1) is 16.8. The Morgan fingerprint density at radius 2 is 1.68 bits per heavy atom. The molecular weight excluding hydrogens is 438 g/mol. The van der Waals surface area contributed by atoms with Gasteiger partial charge >= 0.3 is 0 Å². The molecule has 1 unspecified atom stereocenters. The lowest BCUT2D eigenvalue weighted by Gasteiger charge is -2.12. The van der Waals surface area contributed by atoms with Crippen molar-refractivity contribution in [3.63, 3.8) is 0 Å². The number of nitrogens with one attached hydrogen (secondary N) is 2. The summed E-state index contributed by atoms with van der Waals surface area (Å²) in [6, 6.07) is 31.5. The van der Waals surface area contributed by atoms with E-state index >= 15 is 0 Å². The highest BCUT2D eigenvalue weighted by Crippen LogP contribution is 2.30. The standard InChI is InChI=1S/C28H23N5S/c1-3-9-20(10-4-1)18-33-26-14-8-7-13-23(26)24-15-22(29-17-27(24)33)16-30-32-28-31-25(19-34-28)21-11-5-2-6-12-21/h1-17,19,28,31-32H,18H2. The third-order valence-corrected chi connectivity index (χ3v) is 6.81. The minimum absolute atomic E-state index is 0.0111. The number of benzene rings is 3. The molecule has 1 atom stereocenters. The van der Waals surface area contributed by atoms with Crippen LogP contribution in [-0.4, -0.2) is 21.3 Å². The molecule has 2 N–H and O–H groups in total. The van der Waals surface area contributed by atoms with Gasteiger partial charge in [0.15, 0.2) is 5.50 Å². The van der Waals surface area contributed by atoms with Crippen molar-refractivity contribution in [3.8, 4) is 0 Å². The number of pyridine rings is 1. The molecule has 0 aliphatic carbocycles. The van der Waals surface area contributed by atoms with E-state index in [4.69, 9.17) is 0 Å². The highest BCUT2D eigenvalue weighted by atomic mass is 32.2. The van der Waals surface area contributed by atoms with Gasteiger partial charge in [-0.3, -0.25) is 10.4 Å². The highest BCUT2D eigenvalue weighted by molar-refractivity contribution is 8.03. The summed E-state index contributed by atoms with van der Waals surface area (Å²) in [6.45, 7) is 0.808. The van der Waals surface area contributed by atoms with Gasteiger partial charge in [-0.15, -0.1) is 0 Å². The first kappa shape index (κ1) is 20.6. The van der Waals surface area contributed by atoms with Crippen LogP contribution in [0, 0.1) is 0 Å². The van der Waals surface area contributed by atoms with Gasteiger partial charge < -0.3 is 9.88 Å². The Morgan fingerprint density at radius 3 is 2.53 bits per heavy atom. The monoisotopic (exact) mass is 461 g/mol. The Labute approximate surface area is 202 Å². The molecule has 1 aliphatic heterocycles. The summed E-state index contributed by atoms with van der Waals surface area (Å²) in [7, 11) is 0. The van der Waals surface area contributed by atoms with Crippen LogP contribution < -0.4 is 10.7 Å². The van der Waals surface area contributed by atoms with Gasteiger partial charge in [0.25, 0.3) is 0 Å². The molecule has 2 aromatic heterocycles. The molecule has 5 nitrogen and oxygen atoms in total. The van der Waals surface area contributed by atoms with Gasteiger partial charge in [0.2, 0.25) is 0 Å². The maximum absolute atomic E-state index is 4.68. The molecule has 3 heterocycles. The van der Waals surface area contributed by atoms with E-state index in [1.165, 1.54) is 27.4 Å². The third-order valence-electron chi connectivity index (χ3n) is 5.95. The molecule has 0 amide bonds. The maximum Gasteiger partial charge on any atom is 0.165 e. The summed E-state index contributed by atoms with van der Waals surface area (Å²) < 4.78 is 2.34. The zero-order chi connectivity index (χ0) is 22.7. The van der Waals surface area contributed by atoms with Crippen molar-refractivity contribution in [3.05, 3.63) is 119 Å². The lowest BCUT2D eigenvalue weighted by atomic mass is 10.2. The quantitative estimate of drug-likeness (QED) is 0.249. The van der Waals surface area contributed by atoms with Crippen LogP contribution in [0.25, 0.3) is 27.5 Å². The molecule has 0 spiro atoms. The number of nitrogens with zero attached hydrogens (tertiary/aromatic N) is 3. The molecule has 1 aliphatic rings. The minimum Gasteiger partial charge on any atom is -0.355 e. The third kappa shape index (κ3) is 4.04. The Hall–Kier alpha value is -4.03. The topological polar surface area (TPSA) is 54.2 Å². The second-order valence-corrected chi connectivity index (χ2v) is 9.14. The second kappa shape index (κ2) is 9.08. The van der Waals surface area contributed by atoms with E-state index in [2.05, 4.69) is 104 Å². The molecule has 0 radical (unpaired) electrons. The van der Waals surface area contributed by atoms with E-state index < -0.39 is 0 Å². The van der Waals surface area contributed by atoms with Crippen LogP contribution in [-0.2, 0) is 6.54 Å². The first-order valence-corrected chi connectivity index (χ1v) is 12.2. The predicted octanol–water partition coefficient (Wildman–Crippen LogP) is 5.78. The normalized spacial score (nSPS) is 15.6. The van der Waals surface area contributed by atoms with Crippen LogP contribution in [0.3, 0.4) is 0 Å². The molecule has 0 saturated heterocycles. The summed E-state index contributed by atoms with van der Waals surface area (Å²) in [5.74, 6) is 0. The summed E-state index contributed by atoms with van der Waals surface area (Å²) >= 11 is 1.67. The fraction of sp³-hybridized carbons (Fsp3) is 0.0714. The molecule has 0 saturated carbocycles. The summed E-state index contributed by atoms with van der Waals surface area (Å²) in [5, 5.41) is 12.4. The molecule has 6 heteroatoms. The number of aromatic nitrogens is 2. The van der Waals surface area contributed by atoms with Crippen LogP contribution in [0.2, 0.25) is 0 Å². The number of rotatable bonds is 6. The average Bonchev–Trinajstić information content (AvgIpc) is 3.49. The largest absolute Gasteiger partial charge is 0.355 e. The van der Waals surface area contributed by atoms with E-state index in [-0.39, 0.29) is 5.50 Å². The fourth-order valence-corrected chi connectivity index (χ4v) is 5.11. The Morgan fingerprint density at radius 1 is 0.912 bits per heavy atom. The lowest BCUT2D eigenvalue weighted by Crippen LogP contribution is -2.31. The van der Waals surface area contributed by atoms with Crippen LogP contribution in [0.1, 0.15) is 16.8 Å². The van der Waals surface area contributed by atoms with Gasteiger partial charge in [-0.2, -0.15) is 5.10 Å². The molecule has 3 aromatic carbocycles. The molecule has 0 bridgehead atoms. The minimum atomic E-state index is -0.0111. The number of para-hydroxylation sites is 1. The first-order valence-electron chi connectivity index (χ1n) is 11.2. The summed E-state index contributed by atoms with van der Waals surface area (Å²) in [6.07, 6.45) is 3.74. The number of hydrazone groups is 1. The molecule has 5 aromatic rings. The number of hydrogen-bond acceptors (Lipinski definition) is 5. The Bertz CT molecular complexity index is 1510. The van der Waals surface area contributed by atoms with E-state index in [0.29, 0.717) is 0 Å². The van der Waals surface area contributed by atoms with E-state index in [1.54, 1.807) is 18.0 Å². The highest BCUT2D eigenvalue weighted by Gasteiger charge is 2.16. The van der Waals surface area contributed by atoms with E-state index in [1.807, 2.05) is 24.4 Å². The number of fused-ring (bicyclic) bond motifs is 3. The van der Waals surface area contributed by atoms with Crippen molar-refractivity contribution >= 4 is 45.5 Å². The Balaban J connectivity index is 1.22. The average molecular weight is 462 g/mol. The molecule has 34 heavy (non-hydrogen) atoms. The SMILES string of the molecule is C(=NNC1NC(c2ccccc2)=CS1)c1cc2c3ccccc3n(Cc3ccccc3)c2cn1. The van der Waals surface area contributed by atoms with Gasteiger partial charge in [-0.1, -0.05) is 90.6 Å². The van der Waals surface area contributed by atoms with Crippen LogP contribution in [0.15, 0.2) is 108 Å². The van der Waals surface area contributed by atoms with Crippen molar-refractivity contribution in [1.29, 1.82) is 0 Å². The second-order valence-electron chi connectivity index (χ2n) is 8.16. The van der Waals surface area contributed by atoms with Crippen molar-refractivity contribution in [2.45, 2.75) is 12.0 Å². The van der Waals surface area contributed by atoms with Crippen molar-refractivity contribution in [1.82, 2.24) is 20.3 Å². The summed E-state index contributed by atoms with van der Waals surface area (Å²) in [4.78, 5) is 4.68. The molecule has 0 fully saturated rings. The van der Waals surface area contributed by atoms with E-state index in [0.717, 1.165) is 23.5 Å². The smallest absolute Gasteiger partial charge is 0.165 e. The molecule has 166 valence electrons.